The second kappa shape index (κ2) is 10.1. The van der Waals surface area contributed by atoms with Crippen LogP contribution in [0.3, 0.4) is 0 Å². The molecule has 1 amide bonds. The number of nitrogens with zero attached hydrogens (tertiary/aromatic N) is 4. The maximum atomic E-state index is 13.1. The number of pyridine rings is 2. The van der Waals surface area contributed by atoms with Crippen molar-refractivity contribution >= 4 is 45.7 Å². The molecule has 1 fully saturated rings. The van der Waals surface area contributed by atoms with Crippen LogP contribution in [0, 0.1) is 12.8 Å². The number of anilines is 1. The Balaban J connectivity index is 1.51. The normalized spacial score (nSPS) is 18.0. The third-order valence-corrected chi connectivity index (χ3v) is 7.39. The van der Waals surface area contributed by atoms with Gasteiger partial charge >= 0.3 is 0 Å². The number of thioether (sulfide) groups is 1. The van der Waals surface area contributed by atoms with E-state index in [0.717, 1.165) is 28.8 Å². The molecule has 3 aromatic heterocycles. The first-order valence-electron chi connectivity index (χ1n) is 9.98. The van der Waals surface area contributed by atoms with Crippen molar-refractivity contribution in [2.24, 2.45) is 5.92 Å². The van der Waals surface area contributed by atoms with E-state index in [0.29, 0.717) is 44.7 Å². The molecule has 0 aromatic carbocycles. The molecule has 168 valence electrons. The second-order valence-electron chi connectivity index (χ2n) is 7.46. The van der Waals surface area contributed by atoms with E-state index in [2.05, 4.69) is 32.4 Å². The van der Waals surface area contributed by atoms with Gasteiger partial charge in [-0.1, -0.05) is 34.7 Å². The van der Waals surface area contributed by atoms with Gasteiger partial charge < -0.3 is 9.47 Å². The Hall–Kier alpha value is -2.27. The van der Waals surface area contributed by atoms with Gasteiger partial charge in [0.1, 0.15) is 10.9 Å². The largest absolute Gasteiger partial charge is 0.494 e. The molecule has 0 radical (unpaired) electrons. The number of methoxy groups -OCH3 is 1. The highest BCUT2D eigenvalue weighted by molar-refractivity contribution is 8.01. The lowest BCUT2D eigenvalue weighted by molar-refractivity contribution is 0.102. The Bertz CT molecular complexity index is 1130. The van der Waals surface area contributed by atoms with Crippen LogP contribution in [-0.2, 0) is 4.74 Å². The summed E-state index contributed by atoms with van der Waals surface area (Å²) in [5.74, 6) is 1.60. The van der Waals surface area contributed by atoms with E-state index in [9.17, 15) is 4.79 Å². The summed E-state index contributed by atoms with van der Waals surface area (Å²) in [6, 6.07) is 3.48. The number of rotatable bonds is 7. The van der Waals surface area contributed by atoms with Gasteiger partial charge in [0.15, 0.2) is 4.34 Å². The standard InChI is InChI=1S/C21H22ClN5O3S2/c1-11-4-14(15-6-18(22)24-8-17(15)29-3)16(7-23-11)19(28)25-20-26-27-21(32-20)31-10-13-5-12(2)30-9-13/h4,6-8,12-13H,5,9-10H2,1-3H3,(H,25,26,28). The van der Waals surface area contributed by atoms with Crippen LogP contribution in [-0.4, -0.2) is 51.6 Å². The molecule has 3 aromatic rings. The zero-order valence-electron chi connectivity index (χ0n) is 17.8. The smallest absolute Gasteiger partial charge is 0.259 e. The fourth-order valence-electron chi connectivity index (χ4n) is 3.45. The minimum absolute atomic E-state index is 0.300. The first-order chi connectivity index (χ1) is 15.4. The zero-order valence-corrected chi connectivity index (χ0v) is 20.2. The van der Waals surface area contributed by atoms with Gasteiger partial charge in [-0.2, -0.15) is 0 Å². The molecule has 32 heavy (non-hydrogen) atoms. The summed E-state index contributed by atoms with van der Waals surface area (Å²) in [5, 5.41) is 11.9. The zero-order chi connectivity index (χ0) is 22.7. The lowest BCUT2D eigenvalue weighted by Crippen LogP contribution is -2.14. The van der Waals surface area contributed by atoms with E-state index in [1.165, 1.54) is 23.7 Å². The van der Waals surface area contributed by atoms with Gasteiger partial charge in [0, 0.05) is 28.8 Å². The first kappa shape index (κ1) is 22.9. The van der Waals surface area contributed by atoms with Crippen molar-refractivity contribution in [3.63, 3.8) is 0 Å². The van der Waals surface area contributed by atoms with Gasteiger partial charge in [0.25, 0.3) is 5.91 Å². The SMILES string of the molecule is COc1cnc(Cl)cc1-c1cc(C)ncc1C(=O)Nc1nnc(SCC2COC(C)C2)s1. The number of halogens is 1. The Kier molecular flexibility index (Phi) is 7.24. The first-order valence-corrected chi connectivity index (χ1v) is 12.2. The van der Waals surface area contributed by atoms with Crippen molar-refractivity contribution in [2.75, 3.05) is 24.8 Å². The molecule has 1 aliphatic rings. The number of ether oxygens (including phenoxy) is 2. The third-order valence-electron chi connectivity index (χ3n) is 4.98. The van der Waals surface area contributed by atoms with Crippen LogP contribution in [0.25, 0.3) is 11.1 Å². The number of aryl methyl sites for hydroxylation is 1. The number of amides is 1. The summed E-state index contributed by atoms with van der Waals surface area (Å²) >= 11 is 9.08. The van der Waals surface area contributed by atoms with Crippen LogP contribution in [0.5, 0.6) is 5.75 Å². The molecular weight excluding hydrogens is 470 g/mol. The highest BCUT2D eigenvalue weighted by atomic mass is 35.5. The average molecular weight is 492 g/mol. The molecule has 0 aliphatic carbocycles. The predicted octanol–water partition coefficient (Wildman–Crippen LogP) is 4.73. The lowest BCUT2D eigenvalue weighted by Gasteiger charge is -2.13. The Morgan fingerprint density at radius 2 is 2.16 bits per heavy atom. The molecular formula is C21H22ClN5O3S2. The highest BCUT2D eigenvalue weighted by Crippen LogP contribution is 2.35. The van der Waals surface area contributed by atoms with Crippen LogP contribution in [0.1, 0.15) is 29.4 Å². The van der Waals surface area contributed by atoms with Crippen molar-refractivity contribution < 1.29 is 14.3 Å². The number of hydrogen-bond acceptors (Lipinski definition) is 9. The lowest BCUT2D eigenvalue weighted by atomic mass is 10.0. The maximum absolute atomic E-state index is 13.1. The summed E-state index contributed by atoms with van der Waals surface area (Å²) in [5.41, 5.74) is 2.43. The second-order valence-corrected chi connectivity index (χ2v) is 10.1. The summed E-state index contributed by atoms with van der Waals surface area (Å²) in [4.78, 5) is 21.4. The van der Waals surface area contributed by atoms with E-state index in [1.807, 2.05) is 13.0 Å². The summed E-state index contributed by atoms with van der Waals surface area (Å²) in [6.45, 7) is 4.72. The summed E-state index contributed by atoms with van der Waals surface area (Å²) in [6.07, 6.45) is 4.43. The number of hydrogen-bond donors (Lipinski definition) is 1. The van der Waals surface area contributed by atoms with Gasteiger partial charge in [-0.05, 0) is 38.3 Å². The predicted molar refractivity (Wildman–Crippen MR) is 126 cm³/mol. The molecule has 2 atom stereocenters. The van der Waals surface area contributed by atoms with Gasteiger partial charge in [-0.15, -0.1) is 10.2 Å². The highest BCUT2D eigenvalue weighted by Gasteiger charge is 2.23. The van der Waals surface area contributed by atoms with Crippen molar-refractivity contribution in [1.82, 2.24) is 20.2 Å². The molecule has 4 heterocycles. The van der Waals surface area contributed by atoms with E-state index in [-0.39, 0.29) is 5.91 Å². The number of carbonyl (C=O) groups is 1. The third kappa shape index (κ3) is 5.37. The van der Waals surface area contributed by atoms with E-state index in [1.54, 1.807) is 24.9 Å². The Morgan fingerprint density at radius 1 is 1.31 bits per heavy atom. The van der Waals surface area contributed by atoms with Gasteiger partial charge in [-0.3, -0.25) is 15.1 Å². The molecule has 4 rings (SSSR count). The van der Waals surface area contributed by atoms with Crippen LogP contribution in [0.4, 0.5) is 5.13 Å². The van der Waals surface area contributed by atoms with Crippen LogP contribution >= 0.6 is 34.7 Å². The fraction of sp³-hybridized carbons (Fsp3) is 0.381. The minimum atomic E-state index is -0.340. The Labute approximate surface area is 199 Å². The number of nitrogens with one attached hydrogen (secondary N) is 1. The number of aromatic nitrogens is 4. The molecule has 11 heteroatoms. The molecule has 0 saturated carbocycles. The van der Waals surface area contributed by atoms with Crippen LogP contribution in [0.2, 0.25) is 5.15 Å². The summed E-state index contributed by atoms with van der Waals surface area (Å²) in [7, 11) is 1.54. The van der Waals surface area contributed by atoms with Crippen molar-refractivity contribution in [2.45, 2.75) is 30.7 Å². The molecule has 0 spiro atoms. The van der Waals surface area contributed by atoms with Crippen molar-refractivity contribution in [3.8, 4) is 16.9 Å². The van der Waals surface area contributed by atoms with Gasteiger partial charge in [0.05, 0.1) is 31.6 Å². The van der Waals surface area contributed by atoms with Crippen molar-refractivity contribution in [3.05, 3.63) is 40.9 Å². The Morgan fingerprint density at radius 3 is 2.91 bits per heavy atom. The van der Waals surface area contributed by atoms with E-state index in [4.69, 9.17) is 21.1 Å². The number of carbonyl (C=O) groups excluding carboxylic acids is 1. The topological polar surface area (TPSA) is 99.1 Å². The van der Waals surface area contributed by atoms with Gasteiger partial charge in [0.2, 0.25) is 5.13 Å². The van der Waals surface area contributed by atoms with Gasteiger partial charge in [-0.25, -0.2) is 4.98 Å². The van der Waals surface area contributed by atoms with Crippen molar-refractivity contribution in [1.29, 1.82) is 0 Å². The quantitative estimate of drug-likeness (QED) is 0.287. The minimum Gasteiger partial charge on any atom is -0.494 e. The maximum Gasteiger partial charge on any atom is 0.259 e. The van der Waals surface area contributed by atoms with E-state index < -0.39 is 0 Å². The molecule has 2 unspecified atom stereocenters. The van der Waals surface area contributed by atoms with Crippen LogP contribution in [0.15, 0.2) is 28.9 Å². The molecule has 1 aliphatic heterocycles. The van der Waals surface area contributed by atoms with E-state index >= 15 is 0 Å². The molecule has 8 nitrogen and oxygen atoms in total. The monoisotopic (exact) mass is 491 g/mol. The molecule has 0 bridgehead atoms. The molecule has 1 N–H and O–H groups in total. The average Bonchev–Trinajstić information content (AvgIpc) is 3.40. The fourth-order valence-corrected chi connectivity index (χ4v) is 5.46. The van der Waals surface area contributed by atoms with Crippen LogP contribution < -0.4 is 10.1 Å². The molecule has 1 saturated heterocycles. The summed E-state index contributed by atoms with van der Waals surface area (Å²) < 4.78 is 11.8.